The fourth-order valence-corrected chi connectivity index (χ4v) is 3.84. The molecule has 0 saturated heterocycles. The van der Waals surface area contributed by atoms with E-state index in [2.05, 4.69) is 61.2 Å². The van der Waals surface area contributed by atoms with Crippen molar-refractivity contribution in [1.82, 2.24) is 15.2 Å². The van der Waals surface area contributed by atoms with Gasteiger partial charge in [-0.05, 0) is 60.2 Å². The molecule has 1 heterocycles. The smallest absolute Gasteiger partial charge is 0.191 e. The molecule has 0 fully saturated rings. The van der Waals surface area contributed by atoms with Crippen LogP contribution in [0.2, 0.25) is 18.1 Å². The quantitative estimate of drug-likeness (QED) is 0.809. The molecule has 1 aliphatic carbocycles. The normalized spacial score (nSPS) is 18.7. The molecular formula is C17H25N3OSi. The molecular weight excluding hydrogens is 290 g/mol. The lowest BCUT2D eigenvalue weighted by atomic mass is 10.1. The molecule has 0 bridgehead atoms. The Labute approximate surface area is 133 Å². The number of nitrogens with zero attached hydrogens (tertiary/aromatic N) is 3. The van der Waals surface area contributed by atoms with Gasteiger partial charge in [-0.25, -0.2) is 4.98 Å². The number of rotatable bonds is 3. The van der Waals surface area contributed by atoms with Gasteiger partial charge in [-0.3, -0.25) is 0 Å². The summed E-state index contributed by atoms with van der Waals surface area (Å²) in [6, 6.07) is 4.32. The van der Waals surface area contributed by atoms with E-state index in [-0.39, 0.29) is 5.04 Å². The zero-order valence-electron chi connectivity index (χ0n) is 14.2. The van der Waals surface area contributed by atoms with Crippen molar-refractivity contribution in [2.24, 2.45) is 5.92 Å². The van der Waals surface area contributed by atoms with Crippen LogP contribution < -0.4 is 0 Å². The van der Waals surface area contributed by atoms with E-state index in [1.807, 2.05) is 0 Å². The Morgan fingerprint density at radius 2 is 1.77 bits per heavy atom. The largest absolute Gasteiger partial charge is 0.417 e. The Kier molecular flexibility index (Phi) is 3.81. The number of fused-ring (bicyclic) bond motifs is 2. The van der Waals surface area contributed by atoms with Crippen LogP contribution in [0.25, 0.3) is 11.0 Å². The SMILES string of the molecule is CC(C)(C)[Si](C)(C)OCC1Cc2cc3ncnnc3cc2C1. The van der Waals surface area contributed by atoms with E-state index in [1.165, 1.54) is 17.5 Å². The molecule has 1 atom stereocenters. The van der Waals surface area contributed by atoms with E-state index in [0.29, 0.717) is 5.92 Å². The van der Waals surface area contributed by atoms with Crippen molar-refractivity contribution in [3.8, 4) is 0 Å². The second kappa shape index (κ2) is 5.39. The van der Waals surface area contributed by atoms with E-state index in [9.17, 15) is 0 Å². The van der Waals surface area contributed by atoms with Crippen LogP contribution in [0, 0.1) is 5.92 Å². The van der Waals surface area contributed by atoms with Crippen molar-refractivity contribution in [3.63, 3.8) is 0 Å². The topological polar surface area (TPSA) is 47.9 Å². The third kappa shape index (κ3) is 2.92. The Bertz CT molecular complexity index is 649. The lowest BCUT2D eigenvalue weighted by Gasteiger charge is -2.37. The summed E-state index contributed by atoms with van der Waals surface area (Å²) in [7, 11) is -1.66. The van der Waals surface area contributed by atoms with E-state index in [1.54, 1.807) is 0 Å². The molecule has 0 amide bonds. The Morgan fingerprint density at radius 1 is 1.14 bits per heavy atom. The van der Waals surface area contributed by atoms with Crippen molar-refractivity contribution < 1.29 is 4.43 Å². The van der Waals surface area contributed by atoms with Crippen LogP contribution in [-0.4, -0.2) is 30.1 Å². The first-order valence-electron chi connectivity index (χ1n) is 7.99. The van der Waals surface area contributed by atoms with Gasteiger partial charge in [0.2, 0.25) is 0 Å². The van der Waals surface area contributed by atoms with E-state index in [4.69, 9.17) is 4.43 Å². The van der Waals surface area contributed by atoms with Crippen molar-refractivity contribution in [2.45, 2.75) is 51.7 Å². The van der Waals surface area contributed by atoms with Crippen molar-refractivity contribution in [3.05, 3.63) is 29.6 Å². The molecule has 0 radical (unpaired) electrons. The van der Waals surface area contributed by atoms with Crippen LogP contribution in [0.4, 0.5) is 0 Å². The van der Waals surface area contributed by atoms with Crippen molar-refractivity contribution in [2.75, 3.05) is 6.61 Å². The average Bonchev–Trinajstić information content (AvgIpc) is 2.83. The minimum absolute atomic E-state index is 0.270. The van der Waals surface area contributed by atoms with Gasteiger partial charge >= 0.3 is 0 Å². The fraction of sp³-hybridized carbons (Fsp3) is 0.588. The van der Waals surface area contributed by atoms with Gasteiger partial charge in [-0.2, -0.15) is 0 Å². The zero-order chi connectivity index (χ0) is 16.0. The van der Waals surface area contributed by atoms with E-state index < -0.39 is 8.32 Å². The van der Waals surface area contributed by atoms with Gasteiger partial charge < -0.3 is 4.43 Å². The zero-order valence-corrected chi connectivity index (χ0v) is 15.2. The summed E-state index contributed by atoms with van der Waals surface area (Å²) >= 11 is 0. The van der Waals surface area contributed by atoms with Gasteiger partial charge in [-0.15, -0.1) is 10.2 Å². The van der Waals surface area contributed by atoms with Gasteiger partial charge in [-0.1, -0.05) is 20.8 Å². The molecule has 3 rings (SSSR count). The maximum Gasteiger partial charge on any atom is 0.191 e. The lowest BCUT2D eigenvalue weighted by Crippen LogP contribution is -2.42. The first-order valence-corrected chi connectivity index (χ1v) is 10.9. The fourth-order valence-electron chi connectivity index (χ4n) is 2.76. The van der Waals surface area contributed by atoms with Gasteiger partial charge in [0, 0.05) is 6.61 Å². The summed E-state index contributed by atoms with van der Waals surface area (Å²) in [6.45, 7) is 12.4. The average molecular weight is 315 g/mol. The van der Waals surface area contributed by atoms with Crippen LogP contribution in [0.15, 0.2) is 18.5 Å². The summed E-state index contributed by atoms with van der Waals surface area (Å²) in [6.07, 6.45) is 3.68. The van der Waals surface area contributed by atoms with Crippen LogP contribution in [-0.2, 0) is 17.3 Å². The molecule has 2 aromatic rings. The molecule has 1 aromatic carbocycles. The highest BCUT2D eigenvalue weighted by Gasteiger charge is 2.38. The second-order valence-electron chi connectivity index (χ2n) is 7.92. The summed E-state index contributed by atoms with van der Waals surface area (Å²) in [4.78, 5) is 4.30. The maximum atomic E-state index is 6.40. The molecule has 1 aliphatic rings. The highest BCUT2D eigenvalue weighted by atomic mass is 28.4. The van der Waals surface area contributed by atoms with Crippen LogP contribution in [0.1, 0.15) is 31.9 Å². The number of hydrogen-bond acceptors (Lipinski definition) is 4. The molecule has 1 unspecified atom stereocenters. The summed E-state index contributed by atoms with van der Waals surface area (Å²) < 4.78 is 6.40. The van der Waals surface area contributed by atoms with Crippen molar-refractivity contribution in [1.29, 1.82) is 0 Å². The lowest BCUT2D eigenvalue weighted by molar-refractivity contribution is 0.232. The molecule has 1 aromatic heterocycles. The van der Waals surface area contributed by atoms with Gasteiger partial charge in [0.05, 0.1) is 5.52 Å². The number of benzene rings is 1. The third-order valence-electron chi connectivity index (χ3n) is 5.21. The van der Waals surface area contributed by atoms with E-state index >= 15 is 0 Å². The minimum Gasteiger partial charge on any atom is -0.417 e. The second-order valence-corrected chi connectivity index (χ2v) is 12.7. The van der Waals surface area contributed by atoms with Crippen LogP contribution in [0.3, 0.4) is 0 Å². The molecule has 118 valence electrons. The van der Waals surface area contributed by atoms with Crippen LogP contribution >= 0.6 is 0 Å². The molecule has 5 heteroatoms. The molecule has 22 heavy (non-hydrogen) atoms. The predicted molar refractivity (Wildman–Crippen MR) is 91.4 cm³/mol. The summed E-state index contributed by atoms with van der Waals surface area (Å²) in [5.41, 5.74) is 4.63. The monoisotopic (exact) mass is 315 g/mol. The van der Waals surface area contributed by atoms with Gasteiger partial charge in [0.15, 0.2) is 8.32 Å². The summed E-state index contributed by atoms with van der Waals surface area (Å²) in [5, 5.41) is 8.31. The highest BCUT2D eigenvalue weighted by Crippen LogP contribution is 2.38. The molecule has 0 N–H and O–H groups in total. The predicted octanol–water partition coefficient (Wildman–Crippen LogP) is 3.76. The molecule has 0 spiro atoms. The van der Waals surface area contributed by atoms with Crippen LogP contribution in [0.5, 0.6) is 0 Å². The number of aromatic nitrogens is 3. The van der Waals surface area contributed by atoms with E-state index in [0.717, 1.165) is 30.5 Å². The molecule has 0 aliphatic heterocycles. The van der Waals surface area contributed by atoms with Gasteiger partial charge in [0.1, 0.15) is 11.8 Å². The minimum atomic E-state index is -1.66. The Hall–Kier alpha value is -1.33. The Balaban J connectivity index is 1.71. The summed E-state index contributed by atoms with van der Waals surface area (Å²) in [5.74, 6) is 0.578. The highest BCUT2D eigenvalue weighted by molar-refractivity contribution is 6.74. The Morgan fingerprint density at radius 3 is 2.41 bits per heavy atom. The van der Waals surface area contributed by atoms with Gasteiger partial charge in [0.25, 0.3) is 0 Å². The third-order valence-corrected chi connectivity index (χ3v) is 9.71. The van der Waals surface area contributed by atoms with Crippen molar-refractivity contribution >= 4 is 19.4 Å². The standard InChI is InChI=1S/C17H25N3OSi/c1-17(2,3)22(4,5)21-10-12-6-13-8-15-16(9-14(13)7-12)20-19-11-18-15/h8-9,11-12H,6-7,10H2,1-5H3. The first-order chi connectivity index (χ1) is 10.3. The first kappa shape index (κ1) is 15.6. The number of hydrogen-bond donors (Lipinski definition) is 0. The molecule has 4 nitrogen and oxygen atoms in total. The maximum absolute atomic E-state index is 6.40. The molecule has 0 saturated carbocycles.